The first-order valence-corrected chi connectivity index (χ1v) is 35.9. The number of primary amides is 2. The van der Waals surface area contributed by atoms with Crippen molar-refractivity contribution in [3.8, 4) is 0 Å². The van der Waals surface area contributed by atoms with Gasteiger partial charge in [0, 0.05) is 60.9 Å². The van der Waals surface area contributed by atoms with E-state index >= 15 is 0 Å². The summed E-state index contributed by atoms with van der Waals surface area (Å²) in [6.45, 7) is 4.35. The number of aliphatic hydroxyl groups excluding tert-OH is 3. The number of benzene rings is 1. The molecule has 41 heteroatoms. The van der Waals surface area contributed by atoms with Crippen molar-refractivity contribution in [2.75, 3.05) is 77.2 Å². The molecule has 3 aromatic rings. The second-order valence-corrected chi connectivity index (χ2v) is 27.3. The number of hydrogen-bond donors (Lipinski definition) is 21. The summed E-state index contributed by atoms with van der Waals surface area (Å²) < 4.78 is 0. The zero-order chi connectivity index (χ0) is 78.6. The predicted octanol–water partition coefficient (Wildman–Crippen LogP) is -8.17. The zero-order valence-corrected chi connectivity index (χ0v) is 61.5. The number of H-pyrrole nitrogens is 2. The summed E-state index contributed by atoms with van der Waals surface area (Å²) in [6.07, 6.45) is 4.99. The van der Waals surface area contributed by atoms with E-state index in [4.69, 9.17) is 11.5 Å². The summed E-state index contributed by atoms with van der Waals surface area (Å²) in [5.74, 6) is -15.1. The topological polar surface area (TPSA) is 602 Å². The molecule has 39 nitrogen and oxygen atoms in total. The lowest BCUT2D eigenvalue weighted by Gasteiger charge is -2.27. The van der Waals surface area contributed by atoms with Gasteiger partial charge in [0.1, 0.15) is 66.5 Å². The van der Waals surface area contributed by atoms with Gasteiger partial charge in [-0.1, -0.05) is 45.9 Å². The molecule has 3 rings (SSSR count). The summed E-state index contributed by atoms with van der Waals surface area (Å²) in [5, 5.41) is 64.9. The molecule has 0 bridgehead atoms. The van der Waals surface area contributed by atoms with Gasteiger partial charge in [0.05, 0.1) is 51.7 Å². The van der Waals surface area contributed by atoms with Crippen LogP contribution in [0.15, 0.2) is 43.0 Å². The average Bonchev–Trinajstić information content (AvgIpc) is 1.70. The predicted molar refractivity (Wildman–Crippen MR) is 383 cm³/mol. The van der Waals surface area contributed by atoms with Gasteiger partial charge in [-0.05, 0) is 75.8 Å². The van der Waals surface area contributed by atoms with Crippen LogP contribution in [0.5, 0.6) is 0 Å². The lowest BCUT2D eigenvalue weighted by Crippen LogP contribution is -2.61. The summed E-state index contributed by atoms with van der Waals surface area (Å²) >= 11 is 2.42. The molecule has 16 amide bonds. The number of hydrogen-bond acceptors (Lipinski definition) is 23. The number of aromatic nitrogens is 3. The van der Waals surface area contributed by atoms with E-state index in [1.165, 1.54) is 43.0 Å². The van der Waals surface area contributed by atoms with Crippen LogP contribution in [-0.4, -0.2) is 273 Å². The van der Waals surface area contributed by atoms with Gasteiger partial charge in [-0.2, -0.15) is 11.8 Å². The van der Waals surface area contributed by atoms with Crippen LogP contribution in [-0.2, 0) is 89.6 Å². The Morgan fingerprint density at radius 1 is 0.543 bits per heavy atom. The number of nitrogens with two attached hydrogens (primary N) is 2. The lowest BCUT2D eigenvalue weighted by atomic mass is 10.0. The highest BCUT2D eigenvalue weighted by atomic mass is 32.2. The van der Waals surface area contributed by atoms with Crippen LogP contribution in [0.2, 0.25) is 0 Å². The molecule has 0 radical (unpaired) electrons. The standard InChI is InChI=1S/C64H100N20O19S2/c1-32(2)18-42(59(98)77-40(54(66)93)16-17-104-9)79-60(99)44(20-37-22-67-30-71-37)74-50(90)24-70-64(103)53(33(3)4)83-55(94)34(5)73-58(97)43(19-36-21-68-39-13-11-10-12-38(36)39)80-57(96)41(14-15-49(65)89)78-63(102)47(28-87)81-61(100)45(26-85)75-51(91)23-69-56(95)48(29-105-31-72-35(6)88)82-62(101)46(27-86)76-52(92)25-84(7)8/h10-13,21-22,30,32-34,40-48,53,68,85-87H,14-20,23-29,31H2,1-9H3,(H2,65,89)(H2,66,93)(H,67,71)(H,69,95)(H,70,103)(H,72,88)(H,73,97)(H,74,90)(H,75,91)(H,76,92)(H,77,98)(H,78,102)(H,79,99)(H,80,96)(H,81,100)(H,82,101)(H,83,94)/t34-,40-,41-,42-,43-,44-,45-,46-,47-,48-,53-/m0/s1. The zero-order valence-electron chi connectivity index (χ0n) is 59.9. The smallest absolute Gasteiger partial charge is 0.245 e. The summed E-state index contributed by atoms with van der Waals surface area (Å²) in [6, 6.07) is -9.56. The Balaban J connectivity index is 1.78. The fourth-order valence-corrected chi connectivity index (χ4v) is 11.2. The molecule has 23 N–H and O–H groups in total. The Kier molecular flexibility index (Phi) is 39.1. The van der Waals surface area contributed by atoms with Gasteiger partial charge in [0.15, 0.2) is 0 Å². The van der Waals surface area contributed by atoms with Gasteiger partial charge in [-0.25, -0.2) is 4.98 Å². The first-order chi connectivity index (χ1) is 49.6. The Hall–Kier alpha value is -9.97. The number of carbonyl (C=O) groups is 16. The molecule has 1 aromatic carbocycles. The maximum Gasteiger partial charge on any atom is 0.245 e. The van der Waals surface area contributed by atoms with Crippen LogP contribution in [0.25, 0.3) is 10.9 Å². The first-order valence-electron chi connectivity index (χ1n) is 33.4. The van der Waals surface area contributed by atoms with E-state index in [-0.39, 0.29) is 49.8 Å². The SMILES string of the molecule is CSCC[C@H](NC(=O)[C@H](CC(C)C)NC(=O)[C@H](Cc1cnc[nH]1)NC(=O)CNC(=O)[C@@H](NC(=O)[C@H](C)NC(=O)[C@H](Cc1c[nH]c2ccccc12)NC(=O)[C@H](CCC(N)=O)NC(=O)[C@H](CO)NC(=O)[C@H](CO)NC(=O)CNC(=O)[C@H](CSCNC(C)=O)NC(=O)[C@H](CO)NC(=O)CN(C)C)C(C)C)C(N)=O. The van der Waals surface area contributed by atoms with Gasteiger partial charge in [0.2, 0.25) is 94.5 Å². The highest BCUT2D eigenvalue weighted by Crippen LogP contribution is 2.20. The van der Waals surface area contributed by atoms with Crippen LogP contribution < -0.4 is 85.9 Å². The average molecular weight is 1520 g/mol. The van der Waals surface area contributed by atoms with E-state index in [1.54, 1.807) is 58.4 Å². The van der Waals surface area contributed by atoms with E-state index in [1.807, 2.05) is 20.1 Å². The van der Waals surface area contributed by atoms with Gasteiger partial charge < -0.3 is 116 Å². The number of nitrogens with one attached hydrogen (secondary N) is 16. The van der Waals surface area contributed by atoms with Crippen LogP contribution in [0, 0.1) is 11.8 Å². The van der Waals surface area contributed by atoms with E-state index in [2.05, 4.69) is 89.4 Å². The van der Waals surface area contributed by atoms with Crippen molar-refractivity contribution in [1.82, 2.24) is 94.3 Å². The molecule has 0 aliphatic rings. The molecule has 0 aliphatic heterocycles. The van der Waals surface area contributed by atoms with Crippen LogP contribution in [0.1, 0.15) is 78.5 Å². The third kappa shape index (κ3) is 32.3. The third-order valence-electron chi connectivity index (χ3n) is 15.4. The second-order valence-electron chi connectivity index (χ2n) is 25.3. The Labute approximate surface area is 614 Å². The fourth-order valence-electron chi connectivity index (χ4n) is 9.84. The van der Waals surface area contributed by atoms with Gasteiger partial charge in [-0.15, -0.1) is 11.8 Å². The number of rotatable bonds is 48. The minimum absolute atomic E-state index is 0.0168. The van der Waals surface area contributed by atoms with Crippen molar-refractivity contribution in [3.63, 3.8) is 0 Å². The maximum atomic E-state index is 14.4. The number of aromatic amines is 2. The highest BCUT2D eigenvalue weighted by Gasteiger charge is 2.36. The number of carbonyl (C=O) groups excluding carboxylic acids is 16. The minimum atomic E-state index is -1.94. The lowest BCUT2D eigenvalue weighted by molar-refractivity contribution is -0.136. The second kappa shape index (κ2) is 46.0. The number of thioether (sulfide) groups is 2. The number of fused-ring (bicyclic) bond motifs is 1. The number of amides is 16. The van der Waals surface area contributed by atoms with Crippen molar-refractivity contribution in [3.05, 3.63) is 54.2 Å². The van der Waals surface area contributed by atoms with Crippen molar-refractivity contribution < 1.29 is 92.0 Å². The van der Waals surface area contributed by atoms with Crippen LogP contribution >= 0.6 is 23.5 Å². The molecule has 0 fully saturated rings. The third-order valence-corrected chi connectivity index (χ3v) is 17.0. The number of likely N-dealkylation sites (N-methyl/N-ethyl adjacent to an activating group) is 1. The summed E-state index contributed by atoms with van der Waals surface area (Å²) in [7, 11) is 3.17. The molecule has 0 aliphatic carbocycles. The number of para-hydroxylation sites is 1. The number of nitrogens with zero attached hydrogens (tertiary/aromatic N) is 2. The summed E-state index contributed by atoms with van der Waals surface area (Å²) in [5.41, 5.74) is 12.5. The van der Waals surface area contributed by atoms with Crippen molar-refractivity contribution >= 4 is 129 Å². The largest absolute Gasteiger partial charge is 0.394 e. The van der Waals surface area contributed by atoms with E-state index in [0.29, 0.717) is 27.9 Å². The number of imidazole rings is 1. The molecule has 105 heavy (non-hydrogen) atoms. The molecular formula is C64H100N20O19S2. The first kappa shape index (κ1) is 89.2. The van der Waals surface area contributed by atoms with Crippen molar-refractivity contribution in [2.24, 2.45) is 23.3 Å². The quantitative estimate of drug-likeness (QED) is 0.0184. The normalized spacial score (nSPS) is 14.3. The molecule has 2 heterocycles. The summed E-state index contributed by atoms with van der Waals surface area (Å²) in [4.78, 5) is 224. The van der Waals surface area contributed by atoms with Gasteiger partial charge in [0.25, 0.3) is 0 Å². The number of aliphatic hydroxyl groups is 3. The van der Waals surface area contributed by atoms with E-state index in [0.717, 1.165) is 11.8 Å². The highest BCUT2D eigenvalue weighted by molar-refractivity contribution is 7.99. The molecule has 11 atom stereocenters. The van der Waals surface area contributed by atoms with Crippen LogP contribution in [0.3, 0.4) is 0 Å². The van der Waals surface area contributed by atoms with Crippen LogP contribution in [0.4, 0.5) is 0 Å². The molecule has 0 spiro atoms. The van der Waals surface area contributed by atoms with E-state index in [9.17, 15) is 92.0 Å². The minimum Gasteiger partial charge on any atom is -0.394 e. The molecule has 582 valence electrons. The molecule has 0 saturated carbocycles. The Morgan fingerprint density at radius 2 is 1.05 bits per heavy atom. The molecule has 0 saturated heterocycles. The van der Waals surface area contributed by atoms with Gasteiger partial charge in [-0.3, -0.25) is 76.7 Å². The Morgan fingerprint density at radius 3 is 1.60 bits per heavy atom. The molecule has 2 aromatic heterocycles. The van der Waals surface area contributed by atoms with Crippen molar-refractivity contribution in [1.29, 1.82) is 0 Å². The van der Waals surface area contributed by atoms with Gasteiger partial charge >= 0.3 is 0 Å². The molecule has 0 unspecified atom stereocenters. The Bertz CT molecular complexity index is 3470. The fraction of sp³-hybridized carbons (Fsp3) is 0.578. The van der Waals surface area contributed by atoms with E-state index < -0.39 is 213 Å². The molecular weight excluding hydrogens is 1420 g/mol. The van der Waals surface area contributed by atoms with Crippen molar-refractivity contribution in [2.45, 2.75) is 147 Å². The maximum absolute atomic E-state index is 14.4. The monoisotopic (exact) mass is 1520 g/mol.